The molecule has 0 radical (unpaired) electrons. The van der Waals surface area contributed by atoms with Crippen LogP contribution in [0.2, 0.25) is 0 Å². The van der Waals surface area contributed by atoms with Crippen molar-refractivity contribution in [3.63, 3.8) is 0 Å². The van der Waals surface area contributed by atoms with E-state index in [2.05, 4.69) is 10.6 Å². The topological polar surface area (TPSA) is 84.5 Å². The fourth-order valence-corrected chi connectivity index (χ4v) is 3.52. The zero-order valence-electron chi connectivity index (χ0n) is 15.5. The first-order chi connectivity index (χ1) is 12.5. The second kappa shape index (κ2) is 9.94. The van der Waals surface area contributed by atoms with Gasteiger partial charge in [-0.15, -0.1) is 0 Å². The number of hydrogen-bond acceptors (Lipinski definition) is 4. The number of ether oxygens (including phenoxy) is 1. The minimum atomic E-state index is -0.731. The standard InChI is InChI=1S/C20H28N2O4/c1-14(23)21-17(13-15-9-5-3-6-10-15)19(24)22-18(20(25)26-2)16-11-7-4-8-12-16/h3,5-6,9-10,16-18H,4,7-8,11-13H2,1-2H3,(H,21,23)(H,22,24)/t17-,18+/m0/s1. The first kappa shape index (κ1) is 19.9. The van der Waals surface area contributed by atoms with Crippen LogP contribution in [-0.4, -0.2) is 37.0 Å². The van der Waals surface area contributed by atoms with Gasteiger partial charge in [-0.1, -0.05) is 49.6 Å². The summed E-state index contributed by atoms with van der Waals surface area (Å²) in [6, 6.07) is 8.08. The Morgan fingerprint density at radius 2 is 1.73 bits per heavy atom. The van der Waals surface area contributed by atoms with Crippen LogP contribution < -0.4 is 10.6 Å². The van der Waals surface area contributed by atoms with Crippen LogP contribution in [0.1, 0.15) is 44.6 Å². The van der Waals surface area contributed by atoms with Gasteiger partial charge in [-0.25, -0.2) is 4.79 Å². The molecule has 0 aliphatic heterocycles. The molecule has 2 rings (SSSR count). The van der Waals surface area contributed by atoms with Crippen molar-refractivity contribution in [1.82, 2.24) is 10.6 Å². The fraction of sp³-hybridized carbons (Fsp3) is 0.550. The van der Waals surface area contributed by atoms with Gasteiger partial charge in [0.25, 0.3) is 0 Å². The van der Waals surface area contributed by atoms with Crippen molar-refractivity contribution in [3.05, 3.63) is 35.9 Å². The Bertz CT molecular complexity index is 611. The zero-order chi connectivity index (χ0) is 18.9. The third kappa shape index (κ3) is 5.86. The monoisotopic (exact) mass is 360 g/mol. The fourth-order valence-electron chi connectivity index (χ4n) is 3.52. The van der Waals surface area contributed by atoms with E-state index in [9.17, 15) is 14.4 Å². The average molecular weight is 360 g/mol. The molecular weight excluding hydrogens is 332 g/mol. The highest BCUT2D eigenvalue weighted by molar-refractivity contribution is 5.90. The molecule has 0 bridgehead atoms. The van der Waals surface area contributed by atoms with Gasteiger partial charge in [-0.05, 0) is 24.3 Å². The normalized spacial score (nSPS) is 17.0. The quantitative estimate of drug-likeness (QED) is 0.728. The van der Waals surface area contributed by atoms with Gasteiger partial charge in [0.1, 0.15) is 12.1 Å². The van der Waals surface area contributed by atoms with Gasteiger partial charge < -0.3 is 15.4 Å². The minimum absolute atomic E-state index is 0.0786. The van der Waals surface area contributed by atoms with Crippen LogP contribution in [0.3, 0.4) is 0 Å². The maximum Gasteiger partial charge on any atom is 0.328 e. The van der Waals surface area contributed by atoms with E-state index in [4.69, 9.17) is 4.74 Å². The summed E-state index contributed by atoms with van der Waals surface area (Å²) in [5.41, 5.74) is 0.939. The van der Waals surface area contributed by atoms with Gasteiger partial charge in [0, 0.05) is 13.3 Å². The molecule has 0 spiro atoms. The zero-order valence-corrected chi connectivity index (χ0v) is 15.5. The number of hydrogen-bond donors (Lipinski definition) is 2. The molecule has 142 valence electrons. The number of nitrogens with one attached hydrogen (secondary N) is 2. The van der Waals surface area contributed by atoms with Crippen molar-refractivity contribution in [2.45, 2.75) is 57.5 Å². The molecule has 1 aromatic rings. The highest BCUT2D eigenvalue weighted by Gasteiger charge is 2.33. The number of amides is 2. The summed E-state index contributed by atoms with van der Waals surface area (Å²) in [5, 5.41) is 5.53. The van der Waals surface area contributed by atoms with Crippen LogP contribution in [0.4, 0.5) is 0 Å². The Hall–Kier alpha value is -2.37. The van der Waals surface area contributed by atoms with Gasteiger partial charge in [0.05, 0.1) is 7.11 Å². The van der Waals surface area contributed by atoms with E-state index >= 15 is 0 Å². The van der Waals surface area contributed by atoms with Crippen LogP contribution in [-0.2, 0) is 25.5 Å². The van der Waals surface area contributed by atoms with E-state index in [1.165, 1.54) is 14.0 Å². The van der Waals surface area contributed by atoms with Gasteiger partial charge in [0.2, 0.25) is 11.8 Å². The Labute approximate surface area is 154 Å². The molecule has 2 N–H and O–H groups in total. The average Bonchev–Trinajstić information content (AvgIpc) is 2.66. The number of esters is 1. The lowest BCUT2D eigenvalue weighted by Gasteiger charge is -2.30. The maximum absolute atomic E-state index is 12.8. The Balaban J connectivity index is 2.11. The van der Waals surface area contributed by atoms with Crippen molar-refractivity contribution in [3.8, 4) is 0 Å². The first-order valence-electron chi connectivity index (χ1n) is 9.20. The number of benzene rings is 1. The molecule has 2 atom stereocenters. The summed E-state index contributed by atoms with van der Waals surface area (Å²) in [6.07, 6.45) is 5.40. The van der Waals surface area contributed by atoms with Crippen LogP contribution in [0, 0.1) is 5.92 Å². The van der Waals surface area contributed by atoms with E-state index in [0.717, 1.165) is 37.7 Å². The summed E-state index contributed by atoms with van der Waals surface area (Å²) in [4.78, 5) is 36.6. The number of carbonyl (C=O) groups is 3. The Morgan fingerprint density at radius 3 is 2.31 bits per heavy atom. The smallest absolute Gasteiger partial charge is 0.328 e. The number of carbonyl (C=O) groups excluding carboxylic acids is 3. The largest absolute Gasteiger partial charge is 0.467 e. The van der Waals surface area contributed by atoms with Crippen molar-refractivity contribution >= 4 is 17.8 Å². The van der Waals surface area contributed by atoms with Gasteiger partial charge in [-0.3, -0.25) is 9.59 Å². The van der Waals surface area contributed by atoms with Crippen molar-refractivity contribution in [2.24, 2.45) is 5.92 Å². The highest BCUT2D eigenvalue weighted by atomic mass is 16.5. The van der Waals surface area contributed by atoms with Gasteiger partial charge in [0.15, 0.2) is 0 Å². The van der Waals surface area contributed by atoms with Crippen molar-refractivity contribution in [2.75, 3.05) is 7.11 Å². The molecule has 1 aliphatic carbocycles. The summed E-state index contributed by atoms with van der Waals surface area (Å²) in [6.45, 7) is 1.38. The van der Waals surface area contributed by atoms with Crippen molar-refractivity contribution < 1.29 is 19.1 Å². The number of rotatable bonds is 7. The van der Waals surface area contributed by atoms with Crippen LogP contribution in [0.5, 0.6) is 0 Å². The van der Waals surface area contributed by atoms with E-state index in [-0.39, 0.29) is 17.7 Å². The van der Waals surface area contributed by atoms with Gasteiger partial charge in [-0.2, -0.15) is 0 Å². The molecule has 26 heavy (non-hydrogen) atoms. The predicted octanol–water partition coefficient (Wildman–Crippen LogP) is 1.97. The van der Waals surface area contributed by atoms with E-state index < -0.39 is 18.1 Å². The molecule has 0 unspecified atom stereocenters. The summed E-state index contributed by atoms with van der Waals surface area (Å²) in [5.74, 6) is -0.986. The molecule has 6 heteroatoms. The SMILES string of the molecule is COC(=O)[C@H](NC(=O)[C@H](Cc1ccccc1)NC(C)=O)C1CCCCC1. The van der Waals surface area contributed by atoms with E-state index in [0.29, 0.717) is 6.42 Å². The lowest BCUT2D eigenvalue weighted by molar-refractivity contribution is -0.147. The lowest BCUT2D eigenvalue weighted by Crippen LogP contribution is -2.54. The van der Waals surface area contributed by atoms with Crippen LogP contribution >= 0.6 is 0 Å². The second-order valence-corrected chi connectivity index (χ2v) is 6.85. The molecule has 0 heterocycles. The molecular formula is C20H28N2O4. The Morgan fingerprint density at radius 1 is 1.08 bits per heavy atom. The molecule has 2 amide bonds. The van der Waals surface area contributed by atoms with Crippen LogP contribution in [0.15, 0.2) is 30.3 Å². The van der Waals surface area contributed by atoms with E-state index in [1.807, 2.05) is 30.3 Å². The van der Waals surface area contributed by atoms with Gasteiger partial charge >= 0.3 is 5.97 Å². The summed E-state index contributed by atoms with van der Waals surface area (Å²) >= 11 is 0. The molecule has 1 aliphatic rings. The lowest BCUT2D eigenvalue weighted by atomic mass is 9.83. The molecule has 1 saturated carbocycles. The third-order valence-electron chi connectivity index (χ3n) is 4.85. The molecule has 6 nitrogen and oxygen atoms in total. The van der Waals surface area contributed by atoms with Crippen LogP contribution in [0.25, 0.3) is 0 Å². The highest BCUT2D eigenvalue weighted by Crippen LogP contribution is 2.27. The maximum atomic E-state index is 12.8. The second-order valence-electron chi connectivity index (χ2n) is 6.85. The molecule has 0 saturated heterocycles. The minimum Gasteiger partial charge on any atom is -0.467 e. The predicted molar refractivity (Wildman–Crippen MR) is 98.3 cm³/mol. The summed E-state index contributed by atoms with van der Waals surface area (Å²) < 4.78 is 4.90. The number of methoxy groups -OCH3 is 1. The summed E-state index contributed by atoms with van der Waals surface area (Å²) in [7, 11) is 1.33. The third-order valence-corrected chi connectivity index (χ3v) is 4.85. The Kier molecular flexibility index (Phi) is 7.63. The van der Waals surface area contributed by atoms with E-state index in [1.54, 1.807) is 0 Å². The molecule has 1 aromatic carbocycles. The molecule has 1 fully saturated rings. The molecule has 0 aromatic heterocycles. The van der Waals surface area contributed by atoms with Crippen molar-refractivity contribution in [1.29, 1.82) is 0 Å². The first-order valence-corrected chi connectivity index (χ1v) is 9.20.